The molecule has 0 fully saturated rings. The number of H-pyrrole nitrogens is 1. The normalized spacial score (nSPS) is 11.2. The van der Waals surface area contributed by atoms with Crippen molar-refractivity contribution in [3.63, 3.8) is 0 Å². The summed E-state index contributed by atoms with van der Waals surface area (Å²) >= 11 is 6.09. The molecular formula is C17H18ClN3O. The van der Waals surface area contributed by atoms with Crippen LogP contribution in [0.1, 0.15) is 25.5 Å². The topological polar surface area (TPSA) is 50.7 Å². The van der Waals surface area contributed by atoms with Gasteiger partial charge in [-0.25, -0.2) is 4.98 Å². The van der Waals surface area contributed by atoms with Gasteiger partial charge in [0.2, 0.25) is 0 Å². The summed E-state index contributed by atoms with van der Waals surface area (Å²) in [4.78, 5) is 20.6. The maximum atomic E-state index is 12.8. The third-order valence-electron chi connectivity index (χ3n) is 3.70. The van der Waals surface area contributed by atoms with Crippen LogP contribution in [0.15, 0.2) is 35.1 Å². The molecule has 4 nitrogen and oxygen atoms in total. The van der Waals surface area contributed by atoms with Crippen LogP contribution in [-0.4, -0.2) is 14.5 Å². The second-order valence-corrected chi connectivity index (χ2v) is 5.91. The molecule has 0 radical (unpaired) electrons. The lowest BCUT2D eigenvalue weighted by Gasteiger charge is -2.12. The van der Waals surface area contributed by atoms with Crippen LogP contribution in [-0.2, 0) is 6.54 Å². The van der Waals surface area contributed by atoms with E-state index in [1.807, 2.05) is 37.3 Å². The Morgan fingerprint density at radius 1 is 1.32 bits per heavy atom. The first-order chi connectivity index (χ1) is 10.6. The summed E-state index contributed by atoms with van der Waals surface area (Å²) in [6.45, 7) is 4.69. The molecule has 0 saturated heterocycles. The number of hydrogen-bond acceptors (Lipinski definition) is 2. The Bertz CT molecular complexity index is 879. The molecule has 0 saturated carbocycles. The third kappa shape index (κ3) is 2.66. The van der Waals surface area contributed by atoms with Crippen LogP contribution < -0.4 is 5.56 Å². The SMILES string of the molecule is CCCCn1c(-c2cccc(Cl)c2)nc2[nH]c(C)cc2c1=O. The van der Waals surface area contributed by atoms with Crippen LogP contribution in [0.25, 0.3) is 22.4 Å². The predicted molar refractivity (Wildman–Crippen MR) is 90.4 cm³/mol. The number of hydrogen-bond donors (Lipinski definition) is 1. The van der Waals surface area contributed by atoms with Crippen LogP contribution in [0.4, 0.5) is 0 Å². The van der Waals surface area contributed by atoms with E-state index in [-0.39, 0.29) is 5.56 Å². The fourth-order valence-corrected chi connectivity index (χ4v) is 2.80. The molecule has 0 aliphatic rings. The number of aryl methyl sites for hydroxylation is 1. The highest BCUT2D eigenvalue weighted by molar-refractivity contribution is 6.30. The number of unbranched alkanes of at least 4 members (excludes halogenated alkanes) is 1. The Kier molecular flexibility index (Phi) is 4.03. The number of aromatic nitrogens is 3. The molecule has 0 unspecified atom stereocenters. The summed E-state index contributed by atoms with van der Waals surface area (Å²) in [7, 11) is 0. The Balaban J connectivity index is 2.28. The second-order valence-electron chi connectivity index (χ2n) is 5.47. The fourth-order valence-electron chi connectivity index (χ4n) is 2.61. The number of rotatable bonds is 4. The van der Waals surface area contributed by atoms with Gasteiger partial charge in [0.15, 0.2) is 0 Å². The summed E-state index contributed by atoms with van der Waals surface area (Å²) in [5.41, 5.74) is 2.42. The Morgan fingerprint density at radius 3 is 2.86 bits per heavy atom. The van der Waals surface area contributed by atoms with Gasteiger partial charge < -0.3 is 4.98 Å². The quantitative estimate of drug-likeness (QED) is 0.786. The number of fused-ring (bicyclic) bond motifs is 1. The van der Waals surface area contributed by atoms with E-state index in [0.717, 1.165) is 24.1 Å². The van der Waals surface area contributed by atoms with E-state index in [1.54, 1.807) is 4.57 Å². The third-order valence-corrected chi connectivity index (χ3v) is 3.93. The lowest BCUT2D eigenvalue weighted by atomic mass is 10.2. The first-order valence-corrected chi connectivity index (χ1v) is 7.84. The van der Waals surface area contributed by atoms with Gasteiger partial charge in [0.25, 0.3) is 5.56 Å². The van der Waals surface area contributed by atoms with E-state index in [2.05, 4.69) is 16.9 Å². The maximum Gasteiger partial charge on any atom is 0.263 e. The second kappa shape index (κ2) is 5.97. The summed E-state index contributed by atoms with van der Waals surface area (Å²) in [6, 6.07) is 9.31. The lowest BCUT2D eigenvalue weighted by Crippen LogP contribution is -2.23. The first-order valence-electron chi connectivity index (χ1n) is 7.46. The molecule has 0 amide bonds. The molecule has 1 N–H and O–H groups in total. The first kappa shape index (κ1) is 14.9. The molecule has 5 heteroatoms. The van der Waals surface area contributed by atoms with Gasteiger partial charge in [0.05, 0.1) is 5.39 Å². The van der Waals surface area contributed by atoms with E-state index < -0.39 is 0 Å². The largest absolute Gasteiger partial charge is 0.343 e. The average Bonchev–Trinajstić information content (AvgIpc) is 2.87. The van der Waals surface area contributed by atoms with Gasteiger partial charge in [-0.2, -0.15) is 0 Å². The number of aromatic amines is 1. The van der Waals surface area contributed by atoms with Crippen molar-refractivity contribution in [1.29, 1.82) is 0 Å². The molecule has 0 spiro atoms. The van der Waals surface area contributed by atoms with Crippen molar-refractivity contribution in [1.82, 2.24) is 14.5 Å². The predicted octanol–water partition coefficient (Wildman–Crippen LogP) is 4.15. The fraction of sp³-hybridized carbons (Fsp3) is 0.294. The zero-order valence-electron chi connectivity index (χ0n) is 12.7. The Hall–Kier alpha value is -2.07. The van der Waals surface area contributed by atoms with Crippen LogP contribution >= 0.6 is 11.6 Å². The van der Waals surface area contributed by atoms with Crippen molar-refractivity contribution >= 4 is 22.6 Å². The van der Waals surface area contributed by atoms with Gasteiger partial charge in [-0.15, -0.1) is 0 Å². The number of halogens is 1. The van der Waals surface area contributed by atoms with Crippen molar-refractivity contribution in [2.24, 2.45) is 0 Å². The summed E-state index contributed by atoms with van der Waals surface area (Å²) in [6.07, 6.45) is 1.95. The van der Waals surface area contributed by atoms with Crippen molar-refractivity contribution in [3.05, 3.63) is 51.4 Å². The minimum atomic E-state index is -0.00206. The lowest BCUT2D eigenvalue weighted by molar-refractivity contribution is 0.615. The summed E-state index contributed by atoms with van der Waals surface area (Å²) in [5.74, 6) is 0.662. The molecule has 2 heterocycles. The minimum Gasteiger partial charge on any atom is -0.343 e. The van der Waals surface area contributed by atoms with Crippen LogP contribution in [0.3, 0.4) is 0 Å². The zero-order valence-corrected chi connectivity index (χ0v) is 13.4. The van der Waals surface area contributed by atoms with Crippen molar-refractivity contribution in [2.75, 3.05) is 0 Å². The zero-order chi connectivity index (χ0) is 15.7. The maximum absolute atomic E-state index is 12.8. The van der Waals surface area contributed by atoms with E-state index in [4.69, 9.17) is 11.6 Å². The highest BCUT2D eigenvalue weighted by Gasteiger charge is 2.14. The molecule has 0 atom stereocenters. The van der Waals surface area contributed by atoms with Gasteiger partial charge in [0, 0.05) is 22.8 Å². The van der Waals surface area contributed by atoms with Gasteiger partial charge in [-0.05, 0) is 31.5 Å². The molecule has 3 aromatic rings. The van der Waals surface area contributed by atoms with Crippen molar-refractivity contribution in [2.45, 2.75) is 33.2 Å². The highest BCUT2D eigenvalue weighted by atomic mass is 35.5. The number of nitrogens with zero attached hydrogens (tertiary/aromatic N) is 2. The number of benzene rings is 1. The van der Waals surface area contributed by atoms with Crippen molar-refractivity contribution < 1.29 is 0 Å². The van der Waals surface area contributed by atoms with Gasteiger partial charge in [-0.3, -0.25) is 9.36 Å². The highest BCUT2D eigenvalue weighted by Crippen LogP contribution is 2.22. The molecule has 0 aliphatic heterocycles. The van der Waals surface area contributed by atoms with E-state index in [0.29, 0.717) is 28.4 Å². The van der Waals surface area contributed by atoms with Crippen molar-refractivity contribution in [3.8, 4) is 11.4 Å². The molecule has 22 heavy (non-hydrogen) atoms. The van der Waals surface area contributed by atoms with Gasteiger partial charge in [-0.1, -0.05) is 37.1 Å². The summed E-state index contributed by atoms with van der Waals surface area (Å²) in [5, 5.41) is 1.27. The molecule has 0 aliphatic carbocycles. The Morgan fingerprint density at radius 2 is 2.14 bits per heavy atom. The monoisotopic (exact) mass is 315 g/mol. The van der Waals surface area contributed by atoms with Crippen LogP contribution in [0, 0.1) is 6.92 Å². The van der Waals surface area contributed by atoms with E-state index in [9.17, 15) is 4.79 Å². The average molecular weight is 316 g/mol. The molecule has 1 aromatic carbocycles. The minimum absolute atomic E-state index is 0.00206. The molecule has 0 bridgehead atoms. The summed E-state index contributed by atoms with van der Waals surface area (Å²) < 4.78 is 1.75. The molecule has 114 valence electrons. The van der Waals surface area contributed by atoms with Crippen LogP contribution in [0.5, 0.6) is 0 Å². The Labute approximate surface area is 133 Å². The standard InChI is InChI=1S/C17H18ClN3O/c1-3-4-8-21-16(12-6-5-7-13(18)10-12)20-15-14(17(21)22)9-11(2)19-15/h5-7,9-10,19H,3-4,8H2,1-2H3. The molecule has 2 aromatic heterocycles. The van der Waals surface area contributed by atoms with E-state index >= 15 is 0 Å². The van der Waals surface area contributed by atoms with Gasteiger partial charge >= 0.3 is 0 Å². The molecular weight excluding hydrogens is 298 g/mol. The number of nitrogens with one attached hydrogen (secondary N) is 1. The van der Waals surface area contributed by atoms with Gasteiger partial charge in [0.1, 0.15) is 11.5 Å². The van der Waals surface area contributed by atoms with E-state index in [1.165, 1.54) is 0 Å². The van der Waals surface area contributed by atoms with Crippen LogP contribution in [0.2, 0.25) is 5.02 Å². The smallest absolute Gasteiger partial charge is 0.263 e. The molecule has 3 rings (SSSR count).